The quantitative estimate of drug-likeness (QED) is 0.148. The van der Waals surface area contributed by atoms with Gasteiger partial charge in [-0.3, -0.25) is 24.0 Å². The minimum atomic E-state index is -4.36. The topological polar surface area (TPSA) is 130 Å². The maximum atomic E-state index is 14.4. The lowest BCUT2D eigenvalue weighted by atomic mass is 10.0. The molecule has 0 bridgehead atoms. The Labute approximate surface area is 263 Å². The number of rotatable bonds is 14. The summed E-state index contributed by atoms with van der Waals surface area (Å²) >= 11 is 0. The van der Waals surface area contributed by atoms with Gasteiger partial charge in [0.1, 0.15) is 12.6 Å². The molecule has 234 valence electrons. The number of non-ortho nitro benzene ring substituents is 1. The van der Waals surface area contributed by atoms with Crippen LogP contribution in [0.3, 0.4) is 0 Å². The van der Waals surface area contributed by atoms with Gasteiger partial charge in [0.15, 0.2) is 0 Å². The van der Waals surface area contributed by atoms with Gasteiger partial charge in [0.05, 0.1) is 15.5 Å². The molecule has 4 rings (SSSR count). The highest BCUT2D eigenvalue weighted by molar-refractivity contribution is 7.92. The van der Waals surface area contributed by atoms with E-state index in [1.165, 1.54) is 35.2 Å². The lowest BCUT2D eigenvalue weighted by molar-refractivity contribution is -0.384. The molecule has 2 amide bonds. The predicted octanol–water partition coefficient (Wildman–Crippen LogP) is 5.34. The molecule has 0 aliphatic carbocycles. The number of nitrogens with zero attached hydrogens (tertiary/aromatic N) is 3. The number of nitrogens with one attached hydrogen (secondary N) is 1. The summed E-state index contributed by atoms with van der Waals surface area (Å²) in [6.45, 7) is 3.14. The molecule has 0 heterocycles. The Morgan fingerprint density at radius 3 is 2.00 bits per heavy atom. The van der Waals surface area contributed by atoms with E-state index >= 15 is 0 Å². The first-order valence-electron chi connectivity index (χ1n) is 14.6. The third-order valence-corrected chi connectivity index (χ3v) is 9.19. The van der Waals surface area contributed by atoms with Gasteiger partial charge in [-0.1, -0.05) is 91.9 Å². The predicted molar refractivity (Wildman–Crippen MR) is 173 cm³/mol. The number of nitro benzene ring substituents is 1. The number of hydrogen-bond donors (Lipinski definition) is 1. The van der Waals surface area contributed by atoms with Gasteiger partial charge in [0.2, 0.25) is 11.8 Å². The zero-order valence-corrected chi connectivity index (χ0v) is 26.0. The van der Waals surface area contributed by atoms with Crippen LogP contribution in [0.1, 0.15) is 31.4 Å². The third kappa shape index (κ3) is 8.54. The average Bonchev–Trinajstić information content (AvgIpc) is 3.06. The number of hydrogen-bond acceptors (Lipinski definition) is 6. The molecule has 0 aromatic heterocycles. The molecule has 0 aliphatic rings. The van der Waals surface area contributed by atoms with Crippen LogP contribution >= 0.6 is 0 Å². The number of nitro groups is 1. The summed E-state index contributed by atoms with van der Waals surface area (Å²) in [4.78, 5) is 40.5. The molecule has 2 atom stereocenters. The van der Waals surface area contributed by atoms with Crippen LogP contribution in [-0.4, -0.2) is 48.7 Å². The van der Waals surface area contributed by atoms with E-state index in [2.05, 4.69) is 5.32 Å². The van der Waals surface area contributed by atoms with Gasteiger partial charge in [0.25, 0.3) is 15.7 Å². The molecule has 1 N–H and O–H groups in total. The minimum absolute atomic E-state index is 0.0270. The Morgan fingerprint density at radius 2 is 1.42 bits per heavy atom. The lowest BCUT2D eigenvalue weighted by Gasteiger charge is -2.34. The van der Waals surface area contributed by atoms with Crippen molar-refractivity contribution in [2.45, 2.75) is 50.2 Å². The molecule has 0 spiro atoms. The number of benzene rings is 4. The van der Waals surface area contributed by atoms with Gasteiger partial charge in [0, 0.05) is 31.1 Å². The van der Waals surface area contributed by atoms with E-state index in [9.17, 15) is 28.1 Å². The Morgan fingerprint density at radius 1 is 0.844 bits per heavy atom. The molecular weight excluding hydrogens is 592 g/mol. The fraction of sp³-hybridized carbons (Fsp3) is 0.235. The van der Waals surface area contributed by atoms with E-state index in [-0.39, 0.29) is 41.2 Å². The van der Waals surface area contributed by atoms with Crippen molar-refractivity contribution in [3.05, 3.63) is 137 Å². The van der Waals surface area contributed by atoms with Crippen molar-refractivity contribution in [3.63, 3.8) is 0 Å². The Bertz CT molecular complexity index is 1700. The highest BCUT2D eigenvalue weighted by Crippen LogP contribution is 2.28. The second kappa shape index (κ2) is 15.1. The van der Waals surface area contributed by atoms with Crippen LogP contribution in [0.15, 0.2) is 120 Å². The maximum absolute atomic E-state index is 14.4. The van der Waals surface area contributed by atoms with Crippen molar-refractivity contribution in [3.8, 4) is 0 Å². The third-order valence-electron chi connectivity index (χ3n) is 7.41. The Hall–Kier alpha value is -5.03. The van der Waals surface area contributed by atoms with Crippen molar-refractivity contribution in [1.29, 1.82) is 0 Å². The van der Waals surface area contributed by atoms with Crippen LogP contribution < -0.4 is 9.62 Å². The highest BCUT2D eigenvalue weighted by Gasteiger charge is 2.35. The molecule has 0 saturated heterocycles. The van der Waals surface area contributed by atoms with Crippen LogP contribution in [0.2, 0.25) is 0 Å². The minimum Gasteiger partial charge on any atom is -0.352 e. The van der Waals surface area contributed by atoms with Crippen LogP contribution in [-0.2, 0) is 32.6 Å². The number of amides is 2. The SMILES string of the molecule is CC[C@H](C)NC(=O)[C@@H](Cc1ccccc1)N(Cc1ccccc1)C(=O)CN(c1cccc([N+](=O)[O-])c1)S(=O)(=O)c1ccccc1. The van der Waals surface area contributed by atoms with E-state index in [1.807, 2.05) is 74.5 Å². The van der Waals surface area contributed by atoms with Crippen molar-refractivity contribution in [2.75, 3.05) is 10.8 Å². The Kier molecular flexibility index (Phi) is 11.0. The van der Waals surface area contributed by atoms with Crippen LogP contribution in [0.25, 0.3) is 0 Å². The molecule has 11 heteroatoms. The van der Waals surface area contributed by atoms with Crippen LogP contribution in [0.5, 0.6) is 0 Å². The van der Waals surface area contributed by atoms with Crippen molar-refractivity contribution in [2.24, 2.45) is 0 Å². The molecular formula is C34H36N4O6S. The molecule has 0 radical (unpaired) electrons. The summed E-state index contributed by atoms with van der Waals surface area (Å²) in [5.74, 6) is -1.02. The highest BCUT2D eigenvalue weighted by atomic mass is 32.2. The van der Waals surface area contributed by atoms with Gasteiger partial charge in [-0.2, -0.15) is 0 Å². The van der Waals surface area contributed by atoms with Gasteiger partial charge in [-0.15, -0.1) is 0 Å². The molecule has 4 aromatic rings. The first-order chi connectivity index (χ1) is 21.6. The normalized spacial score (nSPS) is 12.5. The van der Waals surface area contributed by atoms with Crippen molar-refractivity contribution < 1.29 is 22.9 Å². The summed E-state index contributed by atoms with van der Waals surface area (Å²) in [6, 6.07) is 29.9. The largest absolute Gasteiger partial charge is 0.352 e. The molecule has 0 saturated carbocycles. The number of carbonyl (C=O) groups excluding carboxylic acids is 2. The maximum Gasteiger partial charge on any atom is 0.271 e. The van der Waals surface area contributed by atoms with Gasteiger partial charge < -0.3 is 10.2 Å². The zero-order valence-electron chi connectivity index (χ0n) is 25.2. The van der Waals surface area contributed by atoms with Gasteiger partial charge in [-0.05, 0) is 42.7 Å². The van der Waals surface area contributed by atoms with E-state index in [0.29, 0.717) is 6.42 Å². The second-order valence-corrected chi connectivity index (χ2v) is 12.5. The fourth-order valence-corrected chi connectivity index (χ4v) is 6.21. The van der Waals surface area contributed by atoms with Crippen LogP contribution in [0, 0.1) is 10.1 Å². The summed E-state index contributed by atoms with van der Waals surface area (Å²) < 4.78 is 28.9. The van der Waals surface area contributed by atoms with Crippen molar-refractivity contribution in [1.82, 2.24) is 10.2 Å². The number of anilines is 1. The molecule has 45 heavy (non-hydrogen) atoms. The number of carbonyl (C=O) groups is 2. The smallest absolute Gasteiger partial charge is 0.271 e. The molecule has 4 aromatic carbocycles. The Balaban J connectivity index is 1.81. The van der Waals surface area contributed by atoms with E-state index in [4.69, 9.17) is 0 Å². The van der Waals surface area contributed by atoms with Crippen LogP contribution in [0.4, 0.5) is 11.4 Å². The average molecular weight is 629 g/mol. The molecule has 0 unspecified atom stereocenters. The first-order valence-corrected chi connectivity index (χ1v) is 16.0. The first kappa shape index (κ1) is 32.9. The molecule has 0 aliphatic heterocycles. The molecule has 10 nitrogen and oxygen atoms in total. The summed E-state index contributed by atoms with van der Waals surface area (Å²) in [7, 11) is -4.36. The van der Waals surface area contributed by atoms with E-state index in [0.717, 1.165) is 21.5 Å². The van der Waals surface area contributed by atoms with Gasteiger partial charge >= 0.3 is 0 Å². The van der Waals surface area contributed by atoms with E-state index < -0.39 is 33.4 Å². The summed E-state index contributed by atoms with van der Waals surface area (Å²) in [5.41, 5.74) is 1.18. The monoisotopic (exact) mass is 628 g/mol. The van der Waals surface area contributed by atoms with Crippen molar-refractivity contribution >= 4 is 33.2 Å². The fourth-order valence-electron chi connectivity index (χ4n) is 4.79. The summed E-state index contributed by atoms with van der Waals surface area (Å²) in [5, 5.41) is 14.6. The van der Waals surface area contributed by atoms with Gasteiger partial charge in [-0.25, -0.2) is 8.42 Å². The standard InChI is InChI=1S/C34H36N4O6S/c1-3-26(2)35-34(40)32(22-27-14-7-4-8-15-27)36(24-28-16-9-5-10-17-28)33(39)25-37(29-18-13-19-30(23-29)38(41)42)45(43,44)31-20-11-6-12-21-31/h4-21,23,26,32H,3,22,24-25H2,1-2H3,(H,35,40)/t26-,32+/m0/s1. The summed E-state index contributed by atoms with van der Waals surface area (Å²) in [6.07, 6.45) is 0.857. The zero-order chi connectivity index (χ0) is 32.4. The van der Waals surface area contributed by atoms with E-state index in [1.54, 1.807) is 18.2 Å². The lowest BCUT2D eigenvalue weighted by Crippen LogP contribution is -2.54. The molecule has 0 fully saturated rings. The number of sulfonamides is 1. The second-order valence-electron chi connectivity index (χ2n) is 10.6.